The predicted molar refractivity (Wildman–Crippen MR) is 58.4 cm³/mol. The molecule has 0 bridgehead atoms. The molecule has 0 unspecified atom stereocenters. The highest BCUT2D eigenvalue weighted by Gasteiger charge is 2.13. The van der Waals surface area contributed by atoms with Gasteiger partial charge in [-0.25, -0.2) is 23.9 Å². The highest BCUT2D eigenvalue weighted by Crippen LogP contribution is 2.20. The molecule has 7 heteroatoms. The summed E-state index contributed by atoms with van der Waals surface area (Å²) in [5.41, 5.74) is 6.57. The quantitative estimate of drug-likeness (QED) is 0.671. The van der Waals surface area contributed by atoms with Gasteiger partial charge in [-0.05, 0) is 12.1 Å². The summed E-state index contributed by atoms with van der Waals surface area (Å²) in [6.45, 7) is 0. The van der Waals surface area contributed by atoms with E-state index >= 15 is 0 Å². The van der Waals surface area contributed by atoms with E-state index in [0.717, 1.165) is 6.20 Å². The normalized spacial score (nSPS) is 10.9. The highest BCUT2D eigenvalue weighted by molar-refractivity contribution is 5.60. The molecular weight excluding hydrogens is 223 g/mol. The molecule has 0 spiro atoms. The largest absolute Gasteiger partial charge is 0.368 e. The smallest absolute Gasteiger partial charge is 0.220 e. The van der Waals surface area contributed by atoms with Crippen LogP contribution in [-0.2, 0) is 0 Å². The summed E-state index contributed by atoms with van der Waals surface area (Å²) in [7, 11) is 0. The Morgan fingerprint density at radius 2 is 2.12 bits per heavy atom. The van der Waals surface area contributed by atoms with Crippen LogP contribution < -0.4 is 5.73 Å². The molecule has 3 heterocycles. The van der Waals surface area contributed by atoms with Crippen LogP contribution in [0.15, 0.2) is 30.7 Å². The van der Waals surface area contributed by atoms with E-state index in [4.69, 9.17) is 5.73 Å². The third-order valence-electron chi connectivity index (χ3n) is 2.28. The number of anilines is 1. The maximum atomic E-state index is 13.6. The van der Waals surface area contributed by atoms with Crippen molar-refractivity contribution in [2.45, 2.75) is 0 Å². The Morgan fingerprint density at radius 1 is 1.24 bits per heavy atom. The SMILES string of the molecule is Nc1ncc(F)c(-c2cnc3cccnn23)n1. The van der Waals surface area contributed by atoms with E-state index in [1.807, 2.05) is 0 Å². The van der Waals surface area contributed by atoms with E-state index in [0.29, 0.717) is 11.3 Å². The summed E-state index contributed by atoms with van der Waals surface area (Å²) in [5.74, 6) is -0.557. The molecule has 6 nitrogen and oxygen atoms in total. The maximum Gasteiger partial charge on any atom is 0.220 e. The van der Waals surface area contributed by atoms with Crippen molar-refractivity contribution in [2.24, 2.45) is 0 Å². The standard InChI is InChI=1S/C10H7FN6/c11-6-4-14-10(12)16-9(6)7-5-13-8-2-1-3-15-17(7)8/h1-5H,(H2,12,14,16). The van der Waals surface area contributed by atoms with Gasteiger partial charge in [0.15, 0.2) is 11.5 Å². The molecule has 0 radical (unpaired) electrons. The van der Waals surface area contributed by atoms with Crippen molar-refractivity contribution in [1.82, 2.24) is 24.6 Å². The van der Waals surface area contributed by atoms with Crippen molar-refractivity contribution >= 4 is 11.6 Å². The van der Waals surface area contributed by atoms with Gasteiger partial charge in [0.2, 0.25) is 5.95 Å². The van der Waals surface area contributed by atoms with Gasteiger partial charge in [0.05, 0.1) is 12.4 Å². The van der Waals surface area contributed by atoms with Crippen molar-refractivity contribution < 1.29 is 4.39 Å². The molecule has 3 rings (SSSR count). The minimum absolute atomic E-state index is 0.00674. The van der Waals surface area contributed by atoms with Crippen LogP contribution in [0, 0.1) is 5.82 Å². The van der Waals surface area contributed by atoms with E-state index < -0.39 is 5.82 Å². The van der Waals surface area contributed by atoms with E-state index in [1.165, 1.54) is 10.7 Å². The number of rotatable bonds is 1. The molecule has 2 N–H and O–H groups in total. The number of hydrogen-bond acceptors (Lipinski definition) is 5. The van der Waals surface area contributed by atoms with Gasteiger partial charge in [0.25, 0.3) is 0 Å². The fourth-order valence-electron chi connectivity index (χ4n) is 1.55. The average Bonchev–Trinajstić information content (AvgIpc) is 2.76. The van der Waals surface area contributed by atoms with E-state index in [2.05, 4.69) is 20.1 Å². The van der Waals surface area contributed by atoms with Crippen molar-refractivity contribution in [3.05, 3.63) is 36.5 Å². The average molecular weight is 230 g/mol. The zero-order chi connectivity index (χ0) is 11.8. The van der Waals surface area contributed by atoms with E-state index in [-0.39, 0.29) is 11.6 Å². The maximum absolute atomic E-state index is 13.6. The second kappa shape index (κ2) is 3.48. The highest BCUT2D eigenvalue weighted by atomic mass is 19.1. The molecule has 0 fully saturated rings. The lowest BCUT2D eigenvalue weighted by molar-refractivity contribution is 0.617. The lowest BCUT2D eigenvalue weighted by Gasteiger charge is -2.01. The number of fused-ring (bicyclic) bond motifs is 1. The zero-order valence-electron chi connectivity index (χ0n) is 8.58. The summed E-state index contributed by atoms with van der Waals surface area (Å²) in [5, 5.41) is 4.07. The first kappa shape index (κ1) is 9.64. The third-order valence-corrected chi connectivity index (χ3v) is 2.28. The van der Waals surface area contributed by atoms with E-state index in [9.17, 15) is 4.39 Å². The Kier molecular flexibility index (Phi) is 1.97. The van der Waals surface area contributed by atoms with Crippen LogP contribution in [0.2, 0.25) is 0 Å². The van der Waals surface area contributed by atoms with Crippen LogP contribution in [0.5, 0.6) is 0 Å². The summed E-state index contributed by atoms with van der Waals surface area (Å²) in [6.07, 6.45) is 4.10. The van der Waals surface area contributed by atoms with Gasteiger partial charge in [0.1, 0.15) is 11.4 Å². The van der Waals surface area contributed by atoms with Crippen LogP contribution in [0.25, 0.3) is 17.0 Å². The Bertz CT molecular complexity index is 692. The molecule has 3 aromatic rings. The first-order valence-electron chi connectivity index (χ1n) is 4.83. The molecule has 0 atom stereocenters. The molecule has 0 aliphatic carbocycles. The number of nitrogens with two attached hydrogens (primary N) is 1. The molecule has 3 aromatic heterocycles. The molecule has 0 aliphatic heterocycles. The summed E-state index contributed by atoms with van der Waals surface area (Å²) < 4.78 is 15.1. The fourth-order valence-corrected chi connectivity index (χ4v) is 1.55. The van der Waals surface area contributed by atoms with Crippen LogP contribution in [0.4, 0.5) is 10.3 Å². The molecule has 0 saturated heterocycles. The van der Waals surface area contributed by atoms with Gasteiger partial charge in [-0.1, -0.05) is 0 Å². The first-order chi connectivity index (χ1) is 8.25. The second-order valence-electron chi connectivity index (χ2n) is 3.36. The first-order valence-corrected chi connectivity index (χ1v) is 4.83. The minimum Gasteiger partial charge on any atom is -0.368 e. The Balaban J connectivity index is 2.31. The van der Waals surface area contributed by atoms with Gasteiger partial charge in [-0.3, -0.25) is 0 Å². The molecule has 0 aliphatic rings. The van der Waals surface area contributed by atoms with Crippen LogP contribution in [0.3, 0.4) is 0 Å². The lowest BCUT2D eigenvalue weighted by atomic mass is 10.3. The zero-order valence-corrected chi connectivity index (χ0v) is 8.58. The Morgan fingerprint density at radius 3 is 3.00 bits per heavy atom. The monoisotopic (exact) mass is 230 g/mol. The second-order valence-corrected chi connectivity index (χ2v) is 3.36. The fraction of sp³-hybridized carbons (Fsp3) is 0. The number of nitrogen functional groups attached to an aromatic ring is 1. The van der Waals surface area contributed by atoms with Crippen molar-refractivity contribution in [2.75, 3.05) is 5.73 Å². The van der Waals surface area contributed by atoms with Crippen molar-refractivity contribution in [1.29, 1.82) is 0 Å². The number of aromatic nitrogens is 5. The topological polar surface area (TPSA) is 82.0 Å². The van der Waals surface area contributed by atoms with E-state index in [1.54, 1.807) is 18.3 Å². The Hall–Kier alpha value is -2.57. The van der Waals surface area contributed by atoms with Crippen LogP contribution in [-0.4, -0.2) is 24.6 Å². The molecule has 17 heavy (non-hydrogen) atoms. The molecule has 0 saturated carbocycles. The molecular formula is C10H7FN6. The van der Waals surface area contributed by atoms with Gasteiger partial charge >= 0.3 is 0 Å². The number of imidazole rings is 1. The summed E-state index contributed by atoms with van der Waals surface area (Å²) >= 11 is 0. The lowest BCUT2D eigenvalue weighted by Crippen LogP contribution is -2.01. The van der Waals surface area contributed by atoms with Gasteiger partial charge in [0, 0.05) is 6.20 Å². The van der Waals surface area contributed by atoms with Crippen LogP contribution >= 0.6 is 0 Å². The molecule has 84 valence electrons. The summed E-state index contributed by atoms with van der Waals surface area (Å²) in [6, 6.07) is 3.51. The predicted octanol–water partition coefficient (Wildman–Crippen LogP) is 0.908. The number of halogens is 1. The summed E-state index contributed by atoms with van der Waals surface area (Å²) in [4.78, 5) is 11.5. The van der Waals surface area contributed by atoms with Crippen molar-refractivity contribution in [3.63, 3.8) is 0 Å². The molecule has 0 aromatic carbocycles. The van der Waals surface area contributed by atoms with Gasteiger partial charge in [-0.2, -0.15) is 5.10 Å². The van der Waals surface area contributed by atoms with Gasteiger partial charge < -0.3 is 5.73 Å². The van der Waals surface area contributed by atoms with Gasteiger partial charge in [-0.15, -0.1) is 0 Å². The third kappa shape index (κ3) is 1.48. The number of nitrogens with zero attached hydrogens (tertiary/aromatic N) is 5. The van der Waals surface area contributed by atoms with Crippen molar-refractivity contribution in [3.8, 4) is 11.4 Å². The Labute approximate surface area is 95.0 Å². The van der Waals surface area contributed by atoms with Crippen LogP contribution in [0.1, 0.15) is 0 Å². The number of hydrogen-bond donors (Lipinski definition) is 1. The molecule has 0 amide bonds. The minimum atomic E-state index is -0.563.